The van der Waals surface area contributed by atoms with Gasteiger partial charge >= 0.3 is 0 Å². The molecule has 0 radical (unpaired) electrons. The molecular weight excluding hydrogens is 212 g/mol. The maximum absolute atomic E-state index is 5.41. The van der Waals surface area contributed by atoms with E-state index in [9.17, 15) is 0 Å². The Kier molecular flexibility index (Phi) is 1.61. The third-order valence-corrected chi connectivity index (χ3v) is 3.25. The van der Waals surface area contributed by atoms with Crippen LogP contribution in [0.1, 0.15) is 5.56 Å². The monoisotopic (exact) mass is 222 g/mol. The zero-order chi connectivity index (χ0) is 11.2. The lowest BCUT2D eigenvalue weighted by molar-refractivity contribution is 0.438. The van der Waals surface area contributed by atoms with Crippen molar-refractivity contribution >= 4 is 17.7 Å². The van der Waals surface area contributed by atoms with Gasteiger partial charge in [0.25, 0.3) is 0 Å². The molecule has 0 aromatic heterocycles. The minimum absolute atomic E-state index is 0.214. The molecule has 3 nitrogen and oxygen atoms in total. The zero-order valence-corrected chi connectivity index (χ0v) is 9.05. The Morgan fingerprint density at radius 3 is 3.18 bits per heavy atom. The maximum Gasteiger partial charge on any atom is 0.181 e. The van der Waals surface area contributed by atoms with Crippen LogP contribution >= 0.6 is 0 Å². The van der Waals surface area contributed by atoms with Crippen molar-refractivity contribution in [1.82, 2.24) is 0 Å². The minimum Gasteiger partial charge on any atom is -0.445 e. The van der Waals surface area contributed by atoms with Crippen molar-refractivity contribution in [3.05, 3.63) is 59.5 Å². The first-order valence-corrected chi connectivity index (χ1v) is 5.60. The quantitative estimate of drug-likeness (QED) is 0.732. The molecule has 1 atom stereocenters. The Hall–Kier alpha value is -2.29. The van der Waals surface area contributed by atoms with Crippen LogP contribution in [0.4, 0.5) is 5.69 Å². The molecule has 0 saturated carbocycles. The first kappa shape index (κ1) is 8.82. The van der Waals surface area contributed by atoms with Crippen molar-refractivity contribution < 1.29 is 4.74 Å². The fourth-order valence-corrected chi connectivity index (χ4v) is 2.46. The van der Waals surface area contributed by atoms with Crippen molar-refractivity contribution in [3.63, 3.8) is 0 Å². The maximum atomic E-state index is 5.41. The summed E-state index contributed by atoms with van der Waals surface area (Å²) < 4.78 is 5.41. The molecule has 0 spiro atoms. The van der Waals surface area contributed by atoms with Crippen LogP contribution in [0, 0.1) is 0 Å². The van der Waals surface area contributed by atoms with Gasteiger partial charge in [0.05, 0.1) is 6.04 Å². The van der Waals surface area contributed by atoms with Gasteiger partial charge < -0.3 is 10.1 Å². The van der Waals surface area contributed by atoms with Gasteiger partial charge in [-0.3, -0.25) is 0 Å². The number of anilines is 1. The molecule has 1 unspecified atom stereocenters. The fourth-order valence-electron chi connectivity index (χ4n) is 2.46. The third-order valence-electron chi connectivity index (χ3n) is 3.25. The fraction of sp³-hybridized carbons (Fsp3) is 0.0714. The van der Waals surface area contributed by atoms with E-state index >= 15 is 0 Å². The van der Waals surface area contributed by atoms with Crippen LogP contribution in [0.15, 0.2) is 58.9 Å². The van der Waals surface area contributed by atoms with E-state index in [1.807, 2.05) is 12.3 Å². The number of hydrogen-bond acceptors (Lipinski definition) is 3. The highest BCUT2D eigenvalue weighted by molar-refractivity contribution is 5.91. The van der Waals surface area contributed by atoms with Gasteiger partial charge in [-0.1, -0.05) is 18.2 Å². The van der Waals surface area contributed by atoms with E-state index in [-0.39, 0.29) is 6.04 Å². The molecule has 0 bridgehead atoms. The average Bonchev–Trinajstić information content (AvgIpc) is 2.73. The molecule has 3 aliphatic rings. The molecular formula is C14H10N2O. The Balaban J connectivity index is 1.89. The molecule has 1 aromatic rings. The summed E-state index contributed by atoms with van der Waals surface area (Å²) in [7, 11) is 0. The number of benzene rings is 1. The van der Waals surface area contributed by atoms with E-state index in [1.165, 1.54) is 23.2 Å². The van der Waals surface area contributed by atoms with E-state index in [0.29, 0.717) is 0 Å². The second-order valence-electron chi connectivity index (χ2n) is 4.25. The predicted molar refractivity (Wildman–Crippen MR) is 67.6 cm³/mol. The molecule has 0 saturated heterocycles. The molecule has 2 heterocycles. The van der Waals surface area contributed by atoms with Crippen LogP contribution in [0.5, 0.6) is 0 Å². The van der Waals surface area contributed by atoms with Gasteiger partial charge in [-0.05, 0) is 23.8 Å². The number of aliphatic imine (C=N–C) groups is 1. The lowest BCUT2D eigenvalue weighted by atomic mass is 9.94. The summed E-state index contributed by atoms with van der Waals surface area (Å²) in [6.45, 7) is 0. The predicted octanol–water partition coefficient (Wildman–Crippen LogP) is 2.70. The number of nitrogens with one attached hydrogen (secondary N) is 1. The molecule has 4 rings (SSSR count). The van der Waals surface area contributed by atoms with Gasteiger partial charge in [0.1, 0.15) is 5.76 Å². The Bertz CT molecular complexity index is 623. The van der Waals surface area contributed by atoms with Gasteiger partial charge in [-0.2, -0.15) is 0 Å². The van der Waals surface area contributed by atoms with Crippen molar-refractivity contribution in [1.29, 1.82) is 0 Å². The SMILES string of the molecule is C1=NC=C2C=C3c4ccccc4NC3C=C2O1. The minimum atomic E-state index is 0.214. The smallest absolute Gasteiger partial charge is 0.181 e. The van der Waals surface area contributed by atoms with Gasteiger partial charge in [0.2, 0.25) is 0 Å². The topological polar surface area (TPSA) is 33.6 Å². The standard InChI is InChI=1S/C14H10N2O/c1-2-4-12-10(3-1)11-5-9-7-15-8-17-14(9)6-13(11)16-12/h1-8,13,16H. The van der Waals surface area contributed by atoms with Gasteiger partial charge in [-0.25, -0.2) is 4.99 Å². The van der Waals surface area contributed by atoms with E-state index < -0.39 is 0 Å². The number of fused-ring (bicyclic) bond motifs is 4. The van der Waals surface area contributed by atoms with Crippen molar-refractivity contribution in [2.24, 2.45) is 4.99 Å². The van der Waals surface area contributed by atoms with Crippen LogP contribution in [-0.2, 0) is 4.74 Å². The molecule has 0 amide bonds. The van der Waals surface area contributed by atoms with Crippen LogP contribution in [-0.4, -0.2) is 12.4 Å². The van der Waals surface area contributed by atoms with Crippen LogP contribution < -0.4 is 5.32 Å². The number of ether oxygens (including phenoxy) is 1. The van der Waals surface area contributed by atoms with E-state index in [4.69, 9.17) is 4.74 Å². The van der Waals surface area contributed by atoms with Gasteiger partial charge in [-0.15, -0.1) is 0 Å². The first-order valence-electron chi connectivity index (χ1n) is 5.60. The third kappa shape index (κ3) is 1.19. The molecule has 0 fully saturated rings. The molecule has 1 aromatic carbocycles. The number of para-hydroxylation sites is 1. The van der Waals surface area contributed by atoms with E-state index in [2.05, 4.69) is 40.7 Å². The summed E-state index contributed by atoms with van der Waals surface area (Å²) in [4.78, 5) is 4.02. The molecule has 17 heavy (non-hydrogen) atoms. The summed E-state index contributed by atoms with van der Waals surface area (Å²) in [5.41, 5.74) is 4.78. The molecule has 82 valence electrons. The highest BCUT2D eigenvalue weighted by Gasteiger charge is 2.29. The summed E-state index contributed by atoms with van der Waals surface area (Å²) in [6, 6.07) is 8.56. The number of nitrogens with zero attached hydrogens (tertiary/aromatic N) is 1. The second-order valence-corrected chi connectivity index (χ2v) is 4.25. The summed E-state index contributed by atoms with van der Waals surface area (Å²) in [6.07, 6.45) is 7.55. The average molecular weight is 222 g/mol. The van der Waals surface area contributed by atoms with Crippen molar-refractivity contribution in [3.8, 4) is 0 Å². The number of rotatable bonds is 0. The highest BCUT2D eigenvalue weighted by Crippen LogP contribution is 2.40. The van der Waals surface area contributed by atoms with Crippen molar-refractivity contribution in [2.45, 2.75) is 6.04 Å². The van der Waals surface area contributed by atoms with Crippen molar-refractivity contribution in [2.75, 3.05) is 5.32 Å². The first-order chi connectivity index (χ1) is 8.42. The molecule has 1 aliphatic carbocycles. The molecule has 1 N–H and O–H groups in total. The number of hydrogen-bond donors (Lipinski definition) is 1. The Labute approximate surface area is 98.8 Å². The Morgan fingerprint density at radius 2 is 2.18 bits per heavy atom. The van der Waals surface area contributed by atoms with Crippen LogP contribution in [0.3, 0.4) is 0 Å². The molecule has 2 aliphatic heterocycles. The Morgan fingerprint density at radius 1 is 1.24 bits per heavy atom. The largest absolute Gasteiger partial charge is 0.445 e. The summed E-state index contributed by atoms with van der Waals surface area (Å²) in [5, 5.41) is 3.47. The van der Waals surface area contributed by atoms with E-state index in [0.717, 1.165) is 11.3 Å². The van der Waals surface area contributed by atoms with Crippen LogP contribution in [0.25, 0.3) is 5.57 Å². The second kappa shape index (κ2) is 3.10. The van der Waals surface area contributed by atoms with Crippen LogP contribution in [0.2, 0.25) is 0 Å². The lowest BCUT2D eigenvalue weighted by Gasteiger charge is -2.20. The summed E-state index contributed by atoms with van der Waals surface area (Å²) in [5.74, 6) is 0.883. The zero-order valence-electron chi connectivity index (χ0n) is 9.05. The lowest BCUT2D eigenvalue weighted by Crippen LogP contribution is -2.17. The van der Waals surface area contributed by atoms with Gasteiger partial charge in [0, 0.05) is 23.0 Å². The number of allylic oxidation sites excluding steroid dienone is 1. The summed E-state index contributed by atoms with van der Waals surface area (Å²) >= 11 is 0. The normalized spacial score (nSPS) is 23.3. The van der Waals surface area contributed by atoms with Gasteiger partial charge in [0.15, 0.2) is 6.40 Å². The van der Waals surface area contributed by atoms with E-state index in [1.54, 1.807) is 0 Å². The highest BCUT2D eigenvalue weighted by atomic mass is 16.5. The molecule has 3 heteroatoms.